The smallest absolute Gasteiger partial charge is 0.265 e. The Bertz CT molecular complexity index is 625. The van der Waals surface area contributed by atoms with Gasteiger partial charge in [0.1, 0.15) is 5.75 Å². The molecular weight excluding hydrogens is 296 g/mol. The first-order chi connectivity index (χ1) is 10.9. The number of carbonyl (C=O) groups excluding carboxylic acids is 3. The van der Waals surface area contributed by atoms with Crippen LogP contribution in [0.5, 0.6) is 5.75 Å². The third-order valence-electron chi connectivity index (χ3n) is 3.54. The van der Waals surface area contributed by atoms with Crippen LogP contribution < -0.4 is 15.0 Å². The van der Waals surface area contributed by atoms with Gasteiger partial charge in [-0.1, -0.05) is 0 Å². The SMILES string of the molecule is CC(=O)c1ccc2c(c1)N(CCCC(=O)NC(C)C)C(=O)CO2. The van der Waals surface area contributed by atoms with E-state index in [0.717, 1.165) is 0 Å². The largest absolute Gasteiger partial charge is 0.482 e. The van der Waals surface area contributed by atoms with Crippen molar-refractivity contribution >= 4 is 23.3 Å². The maximum Gasteiger partial charge on any atom is 0.265 e. The van der Waals surface area contributed by atoms with Gasteiger partial charge in [-0.3, -0.25) is 14.4 Å². The van der Waals surface area contributed by atoms with Crippen LogP contribution in [-0.2, 0) is 9.59 Å². The molecule has 0 radical (unpaired) electrons. The summed E-state index contributed by atoms with van der Waals surface area (Å²) in [5.74, 6) is 0.323. The molecule has 2 rings (SSSR count). The molecule has 2 amide bonds. The number of nitrogens with one attached hydrogen (secondary N) is 1. The molecule has 0 aromatic heterocycles. The monoisotopic (exact) mass is 318 g/mol. The minimum absolute atomic E-state index is 0.0232. The van der Waals surface area contributed by atoms with Crippen molar-refractivity contribution in [1.82, 2.24) is 5.32 Å². The van der Waals surface area contributed by atoms with Crippen molar-refractivity contribution in [1.29, 1.82) is 0 Å². The van der Waals surface area contributed by atoms with Crippen molar-refractivity contribution in [3.8, 4) is 5.75 Å². The Kier molecular flexibility index (Phi) is 5.36. The fourth-order valence-electron chi connectivity index (χ4n) is 2.46. The zero-order chi connectivity index (χ0) is 17.0. The summed E-state index contributed by atoms with van der Waals surface area (Å²) in [7, 11) is 0. The number of anilines is 1. The van der Waals surface area contributed by atoms with Crippen LogP contribution in [0.3, 0.4) is 0 Å². The second kappa shape index (κ2) is 7.26. The van der Waals surface area contributed by atoms with Crippen LogP contribution in [0.15, 0.2) is 18.2 Å². The number of ketones is 1. The van der Waals surface area contributed by atoms with Crippen molar-refractivity contribution in [3.05, 3.63) is 23.8 Å². The first-order valence-corrected chi connectivity index (χ1v) is 7.76. The number of ether oxygens (including phenoxy) is 1. The van der Waals surface area contributed by atoms with Crippen LogP contribution >= 0.6 is 0 Å². The fraction of sp³-hybridized carbons (Fsp3) is 0.471. The number of hydrogen-bond acceptors (Lipinski definition) is 4. The highest BCUT2D eigenvalue weighted by atomic mass is 16.5. The zero-order valence-corrected chi connectivity index (χ0v) is 13.7. The Morgan fingerprint density at radius 2 is 2.09 bits per heavy atom. The number of fused-ring (bicyclic) bond motifs is 1. The normalized spacial score (nSPS) is 13.6. The van der Waals surface area contributed by atoms with Gasteiger partial charge in [0.2, 0.25) is 5.91 Å². The van der Waals surface area contributed by atoms with Crippen molar-refractivity contribution in [2.75, 3.05) is 18.1 Å². The molecule has 1 aromatic carbocycles. The molecule has 0 bridgehead atoms. The van der Waals surface area contributed by atoms with Gasteiger partial charge in [-0.2, -0.15) is 0 Å². The van der Waals surface area contributed by atoms with E-state index in [2.05, 4.69) is 5.32 Å². The lowest BCUT2D eigenvalue weighted by Gasteiger charge is -2.29. The Morgan fingerprint density at radius 1 is 1.35 bits per heavy atom. The van der Waals surface area contributed by atoms with Crippen molar-refractivity contribution in [2.24, 2.45) is 0 Å². The molecule has 6 heteroatoms. The van der Waals surface area contributed by atoms with E-state index >= 15 is 0 Å². The maximum absolute atomic E-state index is 12.1. The average Bonchev–Trinajstić information content (AvgIpc) is 2.48. The Hall–Kier alpha value is -2.37. The van der Waals surface area contributed by atoms with Crippen LogP contribution in [0.2, 0.25) is 0 Å². The van der Waals surface area contributed by atoms with Crippen LogP contribution in [0, 0.1) is 0 Å². The summed E-state index contributed by atoms with van der Waals surface area (Å²) in [5, 5.41) is 2.82. The zero-order valence-electron chi connectivity index (χ0n) is 13.7. The molecule has 1 aliphatic rings. The number of Topliss-reactive ketones (excluding diaryl/α,β-unsaturated/α-hetero) is 1. The second-order valence-corrected chi connectivity index (χ2v) is 5.90. The van der Waals surface area contributed by atoms with E-state index in [9.17, 15) is 14.4 Å². The standard InChI is InChI=1S/C17H22N2O4/c1-11(2)18-16(21)5-4-8-19-14-9-13(12(3)20)6-7-15(14)23-10-17(19)22/h6-7,9,11H,4-5,8,10H2,1-3H3,(H,18,21). The lowest BCUT2D eigenvalue weighted by Crippen LogP contribution is -2.40. The lowest BCUT2D eigenvalue weighted by atomic mass is 10.1. The summed E-state index contributed by atoms with van der Waals surface area (Å²) in [6, 6.07) is 5.16. The average molecular weight is 318 g/mol. The van der Waals surface area contributed by atoms with Gasteiger partial charge in [-0.15, -0.1) is 0 Å². The van der Waals surface area contributed by atoms with Gasteiger partial charge >= 0.3 is 0 Å². The van der Waals surface area contributed by atoms with Crippen molar-refractivity contribution in [3.63, 3.8) is 0 Å². The minimum Gasteiger partial charge on any atom is -0.482 e. The highest BCUT2D eigenvalue weighted by Gasteiger charge is 2.26. The van der Waals surface area contributed by atoms with Crippen LogP contribution in [-0.4, -0.2) is 36.8 Å². The lowest BCUT2D eigenvalue weighted by molar-refractivity contribution is -0.123. The molecule has 0 atom stereocenters. The van der Waals surface area contributed by atoms with Gasteiger partial charge in [0.05, 0.1) is 5.69 Å². The van der Waals surface area contributed by atoms with Gasteiger partial charge in [-0.25, -0.2) is 0 Å². The van der Waals surface area contributed by atoms with Crippen LogP contribution in [0.4, 0.5) is 5.69 Å². The van der Waals surface area contributed by atoms with E-state index in [0.29, 0.717) is 36.4 Å². The summed E-state index contributed by atoms with van der Waals surface area (Å²) >= 11 is 0. The summed E-state index contributed by atoms with van der Waals surface area (Å²) in [6.45, 7) is 5.69. The molecule has 1 aromatic rings. The topological polar surface area (TPSA) is 75.7 Å². The number of nitrogens with zero attached hydrogens (tertiary/aromatic N) is 1. The molecule has 124 valence electrons. The molecule has 0 saturated carbocycles. The van der Waals surface area contributed by atoms with Gasteiger partial charge in [0.15, 0.2) is 12.4 Å². The molecule has 6 nitrogen and oxygen atoms in total. The molecule has 1 aliphatic heterocycles. The molecule has 0 aliphatic carbocycles. The van der Waals surface area contributed by atoms with E-state index in [1.54, 1.807) is 23.1 Å². The highest BCUT2D eigenvalue weighted by molar-refractivity contribution is 6.01. The second-order valence-electron chi connectivity index (χ2n) is 5.90. The first kappa shape index (κ1) is 17.0. The summed E-state index contributed by atoms with van der Waals surface area (Å²) in [4.78, 5) is 36.9. The number of hydrogen-bond donors (Lipinski definition) is 1. The highest BCUT2D eigenvalue weighted by Crippen LogP contribution is 2.33. The van der Waals surface area contributed by atoms with Gasteiger partial charge < -0.3 is 15.0 Å². The van der Waals surface area contributed by atoms with Crippen LogP contribution in [0.1, 0.15) is 44.0 Å². The quantitative estimate of drug-likeness (QED) is 0.813. The molecule has 0 saturated heterocycles. The number of amides is 2. The fourth-order valence-corrected chi connectivity index (χ4v) is 2.46. The van der Waals surface area contributed by atoms with E-state index in [1.807, 2.05) is 13.8 Å². The summed E-state index contributed by atoms with van der Waals surface area (Å²) < 4.78 is 5.40. The molecule has 1 N–H and O–H groups in total. The number of rotatable bonds is 6. The molecule has 0 unspecified atom stereocenters. The van der Waals surface area contributed by atoms with Crippen molar-refractivity contribution in [2.45, 2.75) is 39.7 Å². The molecular formula is C17H22N2O4. The summed E-state index contributed by atoms with van der Waals surface area (Å²) in [5.41, 5.74) is 1.13. The van der Waals surface area contributed by atoms with Gasteiger partial charge in [-0.05, 0) is 45.4 Å². The third kappa shape index (κ3) is 4.31. The Balaban J connectivity index is 2.07. The predicted octanol–water partition coefficient (Wildman–Crippen LogP) is 1.92. The van der Waals surface area contributed by atoms with E-state index < -0.39 is 0 Å². The van der Waals surface area contributed by atoms with E-state index in [1.165, 1.54) is 6.92 Å². The maximum atomic E-state index is 12.1. The Morgan fingerprint density at radius 3 is 2.74 bits per heavy atom. The predicted molar refractivity (Wildman–Crippen MR) is 86.8 cm³/mol. The van der Waals surface area contributed by atoms with Gasteiger partial charge in [0, 0.05) is 24.6 Å². The van der Waals surface area contributed by atoms with E-state index in [4.69, 9.17) is 4.74 Å². The van der Waals surface area contributed by atoms with E-state index in [-0.39, 0.29) is 30.2 Å². The first-order valence-electron chi connectivity index (χ1n) is 7.76. The Labute approximate surface area is 135 Å². The summed E-state index contributed by atoms with van der Waals surface area (Å²) in [6.07, 6.45) is 0.901. The minimum atomic E-state index is -0.164. The van der Waals surface area contributed by atoms with Gasteiger partial charge in [0.25, 0.3) is 5.91 Å². The molecule has 1 heterocycles. The molecule has 0 spiro atoms. The molecule has 0 fully saturated rings. The number of carbonyl (C=O) groups is 3. The van der Waals surface area contributed by atoms with Crippen molar-refractivity contribution < 1.29 is 19.1 Å². The molecule has 23 heavy (non-hydrogen) atoms. The number of benzene rings is 1. The van der Waals surface area contributed by atoms with Crippen LogP contribution in [0.25, 0.3) is 0 Å². The third-order valence-corrected chi connectivity index (χ3v) is 3.54.